The molecule has 2 heterocycles. The molecule has 2 N–H and O–H groups in total. The molecule has 0 aliphatic rings. The maximum Gasteiger partial charge on any atom is 0.506 e. The third kappa shape index (κ3) is 2.95. The number of aromatic nitrogens is 2. The van der Waals surface area contributed by atoms with Crippen molar-refractivity contribution >= 4 is 41.3 Å². The summed E-state index contributed by atoms with van der Waals surface area (Å²) in [5.74, 6) is 0. The number of pyridine rings is 1. The number of hydrogen-bond donors (Lipinski definition) is 2. The van der Waals surface area contributed by atoms with Crippen LogP contribution in [0.15, 0.2) is 18.3 Å². The topological polar surface area (TPSA) is 84.6 Å². The second kappa shape index (κ2) is 5.08. The SMILES string of the molecule is CC(C)(C)OC(=O)n1c(B(O)O)cc2cnc(Cl)cc21. The predicted molar refractivity (Wildman–Crippen MR) is 76.2 cm³/mol. The molecule has 2 aromatic heterocycles. The van der Waals surface area contributed by atoms with Crippen molar-refractivity contribution in [1.82, 2.24) is 9.55 Å². The predicted octanol–water partition coefficient (Wildman–Crippen LogP) is 1.15. The number of carbonyl (C=O) groups is 1. The van der Waals surface area contributed by atoms with Crippen molar-refractivity contribution in [1.29, 1.82) is 0 Å². The van der Waals surface area contributed by atoms with Crippen molar-refractivity contribution < 1.29 is 19.6 Å². The van der Waals surface area contributed by atoms with Gasteiger partial charge in [-0.15, -0.1) is 0 Å². The second-order valence-electron chi connectivity index (χ2n) is 5.32. The normalized spacial score (nSPS) is 11.7. The molecule has 0 amide bonds. The Hall–Kier alpha value is -1.57. The van der Waals surface area contributed by atoms with Gasteiger partial charge >= 0.3 is 13.2 Å². The average Bonchev–Trinajstić information content (AvgIpc) is 2.65. The molecule has 0 aliphatic carbocycles. The van der Waals surface area contributed by atoms with Gasteiger partial charge in [-0.25, -0.2) is 9.78 Å². The fraction of sp³-hybridized carbons (Fsp3) is 0.333. The quantitative estimate of drug-likeness (QED) is 0.609. The molecule has 0 aliphatic heterocycles. The van der Waals surface area contributed by atoms with Crippen LogP contribution in [0.3, 0.4) is 0 Å². The Morgan fingerprint density at radius 2 is 2.05 bits per heavy atom. The fourth-order valence-corrected chi connectivity index (χ4v) is 1.95. The minimum absolute atomic E-state index is 0.00156. The number of rotatable bonds is 1. The molecule has 20 heavy (non-hydrogen) atoms. The van der Waals surface area contributed by atoms with Gasteiger partial charge in [0.1, 0.15) is 10.8 Å². The number of halogens is 1. The van der Waals surface area contributed by atoms with Crippen molar-refractivity contribution in [2.24, 2.45) is 0 Å². The molecule has 0 bridgehead atoms. The maximum absolute atomic E-state index is 12.2. The molecule has 0 unspecified atom stereocenters. The summed E-state index contributed by atoms with van der Waals surface area (Å²) < 4.78 is 6.34. The molecule has 0 aromatic carbocycles. The minimum Gasteiger partial charge on any atom is -0.443 e. The van der Waals surface area contributed by atoms with Gasteiger partial charge in [0.05, 0.1) is 11.1 Å². The van der Waals surface area contributed by atoms with E-state index in [1.54, 1.807) is 20.8 Å². The van der Waals surface area contributed by atoms with Crippen LogP contribution in [0, 0.1) is 0 Å². The Balaban J connectivity index is 2.62. The van der Waals surface area contributed by atoms with E-state index in [2.05, 4.69) is 4.98 Å². The largest absolute Gasteiger partial charge is 0.506 e. The molecule has 106 valence electrons. The van der Waals surface area contributed by atoms with Gasteiger partial charge in [0.15, 0.2) is 0 Å². The number of fused-ring (bicyclic) bond motifs is 1. The highest BCUT2D eigenvalue weighted by Crippen LogP contribution is 2.19. The van der Waals surface area contributed by atoms with Crippen molar-refractivity contribution in [2.75, 3.05) is 0 Å². The lowest BCUT2D eigenvalue weighted by Crippen LogP contribution is -2.41. The molecule has 0 saturated heterocycles. The molecule has 2 aromatic rings. The van der Waals surface area contributed by atoms with Gasteiger partial charge in [0.25, 0.3) is 0 Å². The molecule has 8 heteroatoms. The van der Waals surface area contributed by atoms with Gasteiger partial charge in [0.2, 0.25) is 0 Å². The summed E-state index contributed by atoms with van der Waals surface area (Å²) in [5.41, 5.74) is -0.303. The zero-order valence-corrected chi connectivity index (χ0v) is 12.0. The molecular weight excluding hydrogens is 282 g/mol. The van der Waals surface area contributed by atoms with Crippen LogP contribution in [0.2, 0.25) is 5.15 Å². The standard InChI is InChI=1S/C12H14BClN2O4/c1-12(2,3)20-11(17)16-8-5-10(14)15-6-7(8)4-9(16)13(18)19/h4-6,18-19H,1-3H3. The summed E-state index contributed by atoms with van der Waals surface area (Å²) >= 11 is 5.82. The third-order valence-corrected chi connectivity index (χ3v) is 2.73. The Bertz CT molecular complexity index is 663. The summed E-state index contributed by atoms with van der Waals surface area (Å²) in [6, 6.07) is 2.92. The molecule has 0 atom stereocenters. The third-order valence-electron chi connectivity index (χ3n) is 2.52. The minimum atomic E-state index is -1.81. The zero-order valence-electron chi connectivity index (χ0n) is 11.3. The van der Waals surface area contributed by atoms with Crippen LogP contribution in [0.5, 0.6) is 0 Å². The lowest BCUT2D eigenvalue weighted by Gasteiger charge is -2.20. The van der Waals surface area contributed by atoms with Crippen molar-refractivity contribution in [3.63, 3.8) is 0 Å². The molecule has 0 saturated carbocycles. The molecular formula is C12H14BClN2O4. The van der Waals surface area contributed by atoms with E-state index in [1.165, 1.54) is 18.3 Å². The van der Waals surface area contributed by atoms with E-state index in [-0.39, 0.29) is 10.7 Å². The highest BCUT2D eigenvalue weighted by molar-refractivity contribution is 6.59. The first-order chi connectivity index (χ1) is 9.19. The van der Waals surface area contributed by atoms with E-state index in [4.69, 9.17) is 16.3 Å². The van der Waals surface area contributed by atoms with Crippen LogP contribution in [0.1, 0.15) is 20.8 Å². The van der Waals surface area contributed by atoms with E-state index < -0.39 is 18.8 Å². The molecule has 0 fully saturated rings. The highest BCUT2D eigenvalue weighted by Gasteiger charge is 2.27. The van der Waals surface area contributed by atoms with Gasteiger partial charge < -0.3 is 14.8 Å². The Morgan fingerprint density at radius 3 is 2.60 bits per heavy atom. The van der Waals surface area contributed by atoms with E-state index >= 15 is 0 Å². The zero-order chi connectivity index (χ0) is 15.1. The van der Waals surface area contributed by atoms with Crippen molar-refractivity contribution in [3.8, 4) is 0 Å². The van der Waals surface area contributed by atoms with E-state index in [0.717, 1.165) is 4.57 Å². The summed E-state index contributed by atoms with van der Waals surface area (Å²) in [6.45, 7) is 5.17. The van der Waals surface area contributed by atoms with Crippen LogP contribution in [-0.2, 0) is 4.74 Å². The first kappa shape index (κ1) is 14.8. The van der Waals surface area contributed by atoms with Gasteiger partial charge in [-0.3, -0.25) is 4.57 Å². The number of carbonyl (C=O) groups excluding carboxylic acids is 1. The van der Waals surface area contributed by atoms with Crippen LogP contribution >= 0.6 is 11.6 Å². The summed E-state index contributed by atoms with van der Waals surface area (Å²) in [5, 5.41) is 19.5. The number of hydrogen-bond acceptors (Lipinski definition) is 5. The van der Waals surface area contributed by atoms with Crippen LogP contribution < -0.4 is 5.59 Å². The fourth-order valence-electron chi connectivity index (χ4n) is 1.80. The molecule has 0 radical (unpaired) electrons. The first-order valence-electron chi connectivity index (χ1n) is 5.95. The average molecular weight is 297 g/mol. The van der Waals surface area contributed by atoms with Gasteiger partial charge in [-0.05, 0) is 26.8 Å². The van der Waals surface area contributed by atoms with Crippen LogP contribution in [0.4, 0.5) is 4.79 Å². The van der Waals surface area contributed by atoms with Crippen molar-refractivity contribution in [3.05, 3.63) is 23.5 Å². The van der Waals surface area contributed by atoms with Crippen LogP contribution in [0.25, 0.3) is 10.9 Å². The second-order valence-corrected chi connectivity index (χ2v) is 5.71. The summed E-state index contributed by atoms with van der Waals surface area (Å²) in [6.07, 6.45) is 0.739. The van der Waals surface area contributed by atoms with E-state index in [9.17, 15) is 14.8 Å². The Labute approximate surface area is 121 Å². The lowest BCUT2D eigenvalue weighted by atomic mass is 9.86. The van der Waals surface area contributed by atoms with Crippen molar-refractivity contribution in [2.45, 2.75) is 26.4 Å². The molecule has 6 nitrogen and oxygen atoms in total. The number of ether oxygens (including phenoxy) is 1. The monoisotopic (exact) mass is 296 g/mol. The summed E-state index contributed by atoms with van der Waals surface area (Å²) in [4.78, 5) is 16.1. The Morgan fingerprint density at radius 1 is 1.40 bits per heavy atom. The first-order valence-corrected chi connectivity index (χ1v) is 6.33. The summed E-state index contributed by atoms with van der Waals surface area (Å²) in [7, 11) is -1.81. The number of nitrogens with zero attached hydrogens (tertiary/aromatic N) is 2. The smallest absolute Gasteiger partial charge is 0.443 e. The highest BCUT2D eigenvalue weighted by atomic mass is 35.5. The lowest BCUT2D eigenvalue weighted by molar-refractivity contribution is 0.0548. The van der Waals surface area contributed by atoms with Gasteiger partial charge in [-0.2, -0.15) is 0 Å². The van der Waals surface area contributed by atoms with E-state index in [0.29, 0.717) is 10.9 Å². The van der Waals surface area contributed by atoms with Gasteiger partial charge in [-0.1, -0.05) is 11.6 Å². The maximum atomic E-state index is 12.2. The Kier molecular flexibility index (Phi) is 3.77. The molecule has 0 spiro atoms. The van der Waals surface area contributed by atoms with E-state index in [1.807, 2.05) is 0 Å². The molecule has 2 rings (SSSR count). The van der Waals surface area contributed by atoms with Crippen LogP contribution in [-0.4, -0.2) is 38.4 Å². The van der Waals surface area contributed by atoms with Gasteiger partial charge in [0, 0.05) is 17.6 Å².